The van der Waals surface area contributed by atoms with Gasteiger partial charge in [0.2, 0.25) is 65.0 Å². The van der Waals surface area contributed by atoms with Crippen LogP contribution in [0.3, 0.4) is 0 Å². The Balaban J connectivity index is 1.29. The summed E-state index contributed by atoms with van der Waals surface area (Å²) in [6, 6.07) is 18.5. The fraction of sp³-hybridized carbons (Fsp3) is 0.429. The fourth-order valence-electron chi connectivity index (χ4n) is 11.0. The second-order valence-electron chi connectivity index (χ2n) is 22.5. The van der Waals surface area contributed by atoms with Crippen molar-refractivity contribution >= 4 is 92.6 Å². The molecule has 0 aliphatic carbocycles. The first-order valence-electron chi connectivity index (χ1n) is 30.1. The second-order valence-corrected chi connectivity index (χ2v) is 22.5. The van der Waals surface area contributed by atoms with Crippen molar-refractivity contribution in [3.8, 4) is 0 Å². The number of aromatic amines is 1. The van der Waals surface area contributed by atoms with Crippen molar-refractivity contribution in [2.24, 2.45) is 22.2 Å². The number of benzene rings is 4. The summed E-state index contributed by atoms with van der Waals surface area (Å²) >= 11 is 0. The van der Waals surface area contributed by atoms with Gasteiger partial charge in [0.25, 0.3) is 0 Å². The number of rotatable bonds is 18. The summed E-state index contributed by atoms with van der Waals surface area (Å²) < 4.78 is 0. The number of primary amides is 1. The number of amides is 11. The molecule has 2 fully saturated rings. The zero-order valence-corrected chi connectivity index (χ0v) is 50.1. The average molecular weight is 1220 g/mol. The minimum Gasteiger partial charge on any atom is -0.370 e. The molecule has 2 aliphatic rings. The maximum absolute atomic E-state index is 15.3. The summed E-state index contributed by atoms with van der Waals surface area (Å²) in [6.07, 6.45) is 2.35. The standard InChI is InChI=1S/C63H81N15O11/c1-3-4-20-47(71-37(2)79)58(85)77-51-33-53(80)67-26-13-12-22-46(56(64)83)73-55(82)35-70-57(84)50(31-42-34-69-45-21-11-10-19-44(42)45)75-59(86)48(23-14-27-68-63(65)66)74-60(87)49(29-39-24-25-40-17-8-9-18-41(40)28-39)76-61(88)52-32-43(36-78(52)62(51)89)72-54(81)30-38-15-6-5-7-16-38/h5-11,15-19,21,24-25,28,34,43,46-52,69H,3-4,12-14,20,22-23,26-27,29-33,35-36H2,1-2H3,(H2,64,83)(H,67,80)(H,70,84)(H,71,79)(H,72,81)(H,73,82)(H,74,87)(H,75,86)(H,76,88)(H,77,85)(H4,65,66,68)/t43-,46-,47-,48-,49+,50-,51-,52-/m0/s1. The molecule has 5 aromatic rings. The number of unbranched alkanes of at least 4 members (excludes halogenated alkanes) is 1. The molecule has 2 aliphatic heterocycles. The molecule has 1 aromatic heterocycles. The van der Waals surface area contributed by atoms with Gasteiger partial charge >= 0.3 is 0 Å². The Labute approximate surface area is 515 Å². The van der Waals surface area contributed by atoms with Gasteiger partial charge in [0, 0.05) is 62.5 Å². The molecule has 0 saturated carbocycles. The van der Waals surface area contributed by atoms with E-state index >= 15 is 14.4 Å². The van der Waals surface area contributed by atoms with Crippen LogP contribution >= 0.6 is 0 Å². The second kappa shape index (κ2) is 32.7. The molecular weight excluding hydrogens is 1140 g/mol. The van der Waals surface area contributed by atoms with E-state index in [-0.39, 0.29) is 89.8 Å². The Morgan fingerprint density at radius 1 is 0.708 bits per heavy atom. The van der Waals surface area contributed by atoms with Gasteiger partial charge in [-0.25, -0.2) is 0 Å². The van der Waals surface area contributed by atoms with Gasteiger partial charge in [0.1, 0.15) is 42.3 Å². The molecule has 3 heterocycles. The number of para-hydroxylation sites is 1. The number of nitrogens with one attached hydrogen (secondary N) is 10. The Hall–Kier alpha value is -9.88. The number of nitrogens with two attached hydrogens (primary N) is 3. The number of hydrogen-bond acceptors (Lipinski definition) is 12. The predicted molar refractivity (Wildman–Crippen MR) is 332 cm³/mol. The Kier molecular flexibility index (Phi) is 24.5. The van der Waals surface area contributed by atoms with E-state index in [9.17, 15) is 38.4 Å². The molecule has 0 bridgehead atoms. The number of carbonyl (C=O) groups is 11. The van der Waals surface area contributed by atoms with Gasteiger partial charge in [0.15, 0.2) is 5.96 Å². The van der Waals surface area contributed by atoms with Gasteiger partial charge in [-0.3, -0.25) is 57.7 Å². The smallest absolute Gasteiger partial charge is 0.246 e. The van der Waals surface area contributed by atoms with Crippen LogP contribution in [0, 0.1) is 0 Å². The van der Waals surface area contributed by atoms with Gasteiger partial charge in [0.05, 0.1) is 19.4 Å². The van der Waals surface area contributed by atoms with E-state index in [2.05, 4.69) is 57.8 Å². The molecule has 11 amide bonds. The molecule has 89 heavy (non-hydrogen) atoms. The van der Waals surface area contributed by atoms with Crippen LogP contribution < -0.4 is 65.1 Å². The summed E-state index contributed by atoms with van der Waals surface area (Å²) in [5.41, 5.74) is 19.6. The summed E-state index contributed by atoms with van der Waals surface area (Å²) in [5, 5.41) is 27.0. The van der Waals surface area contributed by atoms with Crippen LogP contribution in [0.1, 0.15) is 94.7 Å². The van der Waals surface area contributed by atoms with Gasteiger partial charge in [-0.1, -0.05) is 111 Å². The molecule has 8 atom stereocenters. The van der Waals surface area contributed by atoms with Crippen LogP contribution in [-0.4, -0.2) is 155 Å². The molecular formula is C63H81N15O11. The summed E-state index contributed by atoms with van der Waals surface area (Å²) in [5.74, 6) is -8.59. The van der Waals surface area contributed by atoms with Crippen molar-refractivity contribution in [1.82, 2.24) is 57.7 Å². The van der Waals surface area contributed by atoms with Crippen molar-refractivity contribution < 1.29 is 52.7 Å². The van der Waals surface area contributed by atoms with Gasteiger partial charge in [-0.15, -0.1) is 0 Å². The molecule has 7 rings (SSSR count). The third kappa shape index (κ3) is 20.1. The van der Waals surface area contributed by atoms with E-state index in [0.717, 1.165) is 26.6 Å². The molecule has 0 unspecified atom stereocenters. The van der Waals surface area contributed by atoms with Crippen molar-refractivity contribution in [3.63, 3.8) is 0 Å². The summed E-state index contributed by atoms with van der Waals surface area (Å²) in [7, 11) is 0. The highest BCUT2D eigenvalue weighted by atomic mass is 16.2. The van der Waals surface area contributed by atoms with Gasteiger partial charge < -0.3 is 74.9 Å². The zero-order valence-electron chi connectivity index (χ0n) is 50.1. The van der Waals surface area contributed by atoms with Crippen LogP contribution in [0.2, 0.25) is 0 Å². The summed E-state index contributed by atoms with van der Waals surface area (Å²) in [6.45, 7) is 2.21. The van der Waals surface area contributed by atoms with Crippen LogP contribution in [0.15, 0.2) is 108 Å². The number of nitrogens with zero attached hydrogens (tertiary/aromatic N) is 2. The zero-order chi connectivity index (χ0) is 64.0. The lowest BCUT2D eigenvalue weighted by Crippen LogP contribution is -2.60. The molecule has 2 saturated heterocycles. The monoisotopic (exact) mass is 1220 g/mol. The van der Waals surface area contributed by atoms with E-state index < -0.39 is 126 Å². The van der Waals surface area contributed by atoms with Crippen LogP contribution in [0.5, 0.6) is 0 Å². The van der Waals surface area contributed by atoms with Crippen LogP contribution in [0.4, 0.5) is 0 Å². The SMILES string of the molecule is CCCC[C@H](NC(C)=O)C(=O)N[C@H]1CC(=O)NCCCC[C@@H](C(N)=O)NC(=O)CNC(=O)[C@H](Cc2c[nH]c3ccccc23)NC(=O)[C@H](CCCN=C(N)N)NC(=O)[C@@H](Cc2ccc3ccccc3c2)NC(=O)[C@@H]2C[C@H](NC(=O)Cc3ccccc3)CN2C1=O. The van der Waals surface area contributed by atoms with Gasteiger partial charge in [-0.05, 0) is 78.5 Å². The largest absolute Gasteiger partial charge is 0.370 e. The van der Waals surface area contributed by atoms with E-state index in [1.54, 1.807) is 48.7 Å². The quantitative estimate of drug-likeness (QED) is 0.0310. The topological polar surface area (TPSA) is 405 Å². The molecule has 0 spiro atoms. The number of carbonyl (C=O) groups excluding carboxylic acids is 11. The number of fused-ring (bicyclic) bond motifs is 3. The Morgan fingerprint density at radius 2 is 1.40 bits per heavy atom. The first-order valence-corrected chi connectivity index (χ1v) is 30.1. The van der Waals surface area contributed by atoms with Crippen molar-refractivity contribution in [3.05, 3.63) is 120 Å². The number of hydrogen-bond donors (Lipinski definition) is 13. The van der Waals surface area contributed by atoms with Gasteiger partial charge in [-0.2, -0.15) is 0 Å². The third-order valence-electron chi connectivity index (χ3n) is 15.5. The first-order chi connectivity index (χ1) is 42.7. The van der Waals surface area contributed by atoms with Crippen LogP contribution in [0.25, 0.3) is 21.7 Å². The summed E-state index contributed by atoms with van der Waals surface area (Å²) in [4.78, 5) is 164. The Bertz CT molecular complexity index is 3390. The fourth-order valence-corrected chi connectivity index (χ4v) is 11.0. The van der Waals surface area contributed by atoms with E-state index in [4.69, 9.17) is 17.2 Å². The molecule has 26 nitrogen and oxygen atoms in total. The Morgan fingerprint density at radius 3 is 2.15 bits per heavy atom. The van der Waals surface area contributed by atoms with E-state index in [0.29, 0.717) is 29.5 Å². The van der Waals surface area contributed by atoms with Crippen molar-refractivity contribution in [2.75, 3.05) is 26.2 Å². The number of guanidine groups is 1. The lowest BCUT2D eigenvalue weighted by atomic mass is 9.99. The molecule has 26 heteroatoms. The van der Waals surface area contributed by atoms with E-state index in [1.165, 1.54) is 6.92 Å². The minimum atomic E-state index is -1.65. The minimum absolute atomic E-state index is 0.000217. The maximum Gasteiger partial charge on any atom is 0.246 e. The van der Waals surface area contributed by atoms with Crippen molar-refractivity contribution in [1.29, 1.82) is 0 Å². The lowest BCUT2D eigenvalue weighted by molar-refractivity contribution is -0.143. The molecule has 4 aromatic carbocycles. The predicted octanol–water partition coefficient (Wildman–Crippen LogP) is -0.101. The molecule has 16 N–H and O–H groups in total. The number of H-pyrrole nitrogens is 1. The molecule has 0 radical (unpaired) electrons. The number of aromatic nitrogens is 1. The highest BCUT2D eigenvalue weighted by Crippen LogP contribution is 2.24. The van der Waals surface area contributed by atoms with Crippen molar-refractivity contribution in [2.45, 2.75) is 146 Å². The maximum atomic E-state index is 15.3. The normalized spacial score (nSPS) is 21.6. The first kappa shape index (κ1) is 66.6. The highest BCUT2D eigenvalue weighted by Gasteiger charge is 2.44. The lowest BCUT2D eigenvalue weighted by Gasteiger charge is -2.31. The highest BCUT2D eigenvalue weighted by molar-refractivity contribution is 6.00. The number of aliphatic imine (C=N–C) groups is 1. The average Bonchev–Trinajstić information content (AvgIpc) is 3.60. The van der Waals surface area contributed by atoms with E-state index in [1.807, 2.05) is 61.5 Å². The molecule has 474 valence electrons. The van der Waals surface area contributed by atoms with Crippen LogP contribution in [-0.2, 0) is 72.0 Å². The third-order valence-corrected chi connectivity index (χ3v) is 15.5.